The zero-order valence-electron chi connectivity index (χ0n) is 10.9. The van der Waals surface area contributed by atoms with Crippen LogP contribution in [0.3, 0.4) is 0 Å². The topological polar surface area (TPSA) is 47.1 Å². The summed E-state index contributed by atoms with van der Waals surface area (Å²) < 4.78 is 7.38. The van der Waals surface area contributed by atoms with Crippen molar-refractivity contribution in [2.75, 3.05) is 0 Å². The molecule has 3 heterocycles. The molecule has 0 N–H and O–H groups in total. The van der Waals surface area contributed by atoms with Gasteiger partial charge in [0.2, 0.25) is 0 Å². The van der Waals surface area contributed by atoms with Crippen molar-refractivity contribution in [3.8, 4) is 5.69 Å². The molecule has 5 heteroatoms. The van der Waals surface area contributed by atoms with Crippen molar-refractivity contribution in [1.29, 1.82) is 0 Å². The number of rotatable bonds is 2. The SMILES string of the molecule is c1coc(CN2Cc3ccccc3-n3nncc3C2)c1. The van der Waals surface area contributed by atoms with Crippen LogP contribution in [-0.4, -0.2) is 19.9 Å². The van der Waals surface area contributed by atoms with Crippen LogP contribution < -0.4 is 0 Å². The molecule has 5 nitrogen and oxygen atoms in total. The van der Waals surface area contributed by atoms with E-state index in [0.717, 1.165) is 36.8 Å². The number of aromatic nitrogens is 3. The lowest BCUT2D eigenvalue weighted by Gasteiger charge is -2.18. The fourth-order valence-corrected chi connectivity index (χ4v) is 2.68. The second-order valence-electron chi connectivity index (χ2n) is 4.99. The highest BCUT2D eigenvalue weighted by atomic mass is 16.3. The highest BCUT2D eigenvalue weighted by Gasteiger charge is 2.20. The summed E-state index contributed by atoms with van der Waals surface area (Å²) >= 11 is 0. The van der Waals surface area contributed by atoms with Crippen molar-refractivity contribution in [3.63, 3.8) is 0 Å². The Morgan fingerprint density at radius 3 is 2.95 bits per heavy atom. The summed E-state index contributed by atoms with van der Waals surface area (Å²) in [5.41, 5.74) is 3.46. The molecule has 4 rings (SSSR count). The van der Waals surface area contributed by atoms with Crippen LogP contribution in [0.4, 0.5) is 0 Å². The lowest BCUT2D eigenvalue weighted by Crippen LogP contribution is -2.21. The molecular formula is C15H14N4O. The summed E-state index contributed by atoms with van der Waals surface area (Å²) in [5.74, 6) is 0.975. The van der Waals surface area contributed by atoms with Gasteiger partial charge in [0.05, 0.1) is 30.4 Å². The zero-order chi connectivity index (χ0) is 13.4. The predicted octanol–water partition coefficient (Wildman–Crippen LogP) is 2.38. The van der Waals surface area contributed by atoms with Gasteiger partial charge in [0, 0.05) is 13.1 Å². The van der Waals surface area contributed by atoms with Crippen molar-refractivity contribution in [1.82, 2.24) is 19.9 Å². The van der Waals surface area contributed by atoms with Gasteiger partial charge in [-0.05, 0) is 23.8 Å². The Morgan fingerprint density at radius 1 is 1.10 bits per heavy atom. The first kappa shape index (κ1) is 11.4. The van der Waals surface area contributed by atoms with Crippen molar-refractivity contribution >= 4 is 0 Å². The van der Waals surface area contributed by atoms with Gasteiger partial charge < -0.3 is 4.42 Å². The van der Waals surface area contributed by atoms with Crippen molar-refractivity contribution in [2.24, 2.45) is 0 Å². The molecule has 0 fully saturated rings. The van der Waals surface area contributed by atoms with E-state index in [4.69, 9.17) is 4.42 Å². The van der Waals surface area contributed by atoms with Crippen LogP contribution in [-0.2, 0) is 19.6 Å². The Balaban J connectivity index is 1.73. The maximum absolute atomic E-state index is 5.45. The molecule has 1 aliphatic heterocycles. The van der Waals surface area contributed by atoms with E-state index in [0.29, 0.717) is 0 Å². The molecule has 0 atom stereocenters. The van der Waals surface area contributed by atoms with Gasteiger partial charge in [-0.2, -0.15) is 0 Å². The third-order valence-corrected chi connectivity index (χ3v) is 3.58. The highest BCUT2D eigenvalue weighted by Crippen LogP contribution is 2.24. The van der Waals surface area contributed by atoms with E-state index in [-0.39, 0.29) is 0 Å². The molecule has 3 aromatic rings. The van der Waals surface area contributed by atoms with E-state index < -0.39 is 0 Å². The number of para-hydroxylation sites is 1. The minimum absolute atomic E-state index is 0.784. The fraction of sp³-hybridized carbons (Fsp3) is 0.200. The first-order valence-electron chi connectivity index (χ1n) is 6.63. The number of benzene rings is 1. The largest absolute Gasteiger partial charge is 0.468 e. The molecule has 0 unspecified atom stereocenters. The number of hydrogen-bond donors (Lipinski definition) is 0. The van der Waals surface area contributed by atoms with Crippen molar-refractivity contribution in [3.05, 3.63) is 65.9 Å². The molecule has 1 aromatic carbocycles. The lowest BCUT2D eigenvalue weighted by atomic mass is 10.1. The normalized spacial score (nSPS) is 14.6. The van der Waals surface area contributed by atoms with E-state index >= 15 is 0 Å². The predicted molar refractivity (Wildman–Crippen MR) is 73.0 cm³/mol. The quantitative estimate of drug-likeness (QED) is 0.714. The number of hydrogen-bond acceptors (Lipinski definition) is 4. The van der Waals surface area contributed by atoms with Crippen LogP contribution in [0.2, 0.25) is 0 Å². The van der Waals surface area contributed by atoms with E-state index in [1.165, 1.54) is 5.56 Å². The maximum Gasteiger partial charge on any atom is 0.117 e. The van der Waals surface area contributed by atoms with Gasteiger partial charge in [0.15, 0.2) is 0 Å². The molecule has 0 radical (unpaired) electrons. The number of furan rings is 1. The maximum atomic E-state index is 5.45. The Morgan fingerprint density at radius 2 is 2.05 bits per heavy atom. The molecule has 0 amide bonds. The molecule has 100 valence electrons. The van der Waals surface area contributed by atoms with Gasteiger partial charge in [0.25, 0.3) is 0 Å². The van der Waals surface area contributed by atoms with E-state index in [2.05, 4.69) is 33.4 Å². The minimum Gasteiger partial charge on any atom is -0.468 e. The molecule has 2 aromatic heterocycles. The summed E-state index contributed by atoms with van der Waals surface area (Å²) in [6, 6.07) is 12.3. The number of fused-ring (bicyclic) bond motifs is 3. The third-order valence-electron chi connectivity index (χ3n) is 3.58. The first-order chi connectivity index (χ1) is 9.90. The van der Waals surface area contributed by atoms with Gasteiger partial charge in [-0.25, -0.2) is 4.68 Å². The highest BCUT2D eigenvalue weighted by molar-refractivity contribution is 5.42. The second-order valence-corrected chi connectivity index (χ2v) is 4.99. The Labute approximate surface area is 116 Å². The van der Waals surface area contributed by atoms with Crippen LogP contribution in [0.5, 0.6) is 0 Å². The number of nitrogens with zero attached hydrogens (tertiary/aromatic N) is 4. The zero-order valence-corrected chi connectivity index (χ0v) is 10.9. The molecule has 1 aliphatic rings. The molecule has 0 saturated carbocycles. The van der Waals surface area contributed by atoms with Gasteiger partial charge in [-0.1, -0.05) is 23.4 Å². The molecular weight excluding hydrogens is 252 g/mol. The van der Waals surface area contributed by atoms with Gasteiger partial charge in [-0.15, -0.1) is 5.10 Å². The molecule has 20 heavy (non-hydrogen) atoms. The van der Waals surface area contributed by atoms with E-state index in [9.17, 15) is 0 Å². The first-order valence-corrected chi connectivity index (χ1v) is 6.63. The van der Waals surface area contributed by atoms with Crippen LogP contribution in [0.25, 0.3) is 5.69 Å². The second kappa shape index (κ2) is 4.61. The monoisotopic (exact) mass is 266 g/mol. The third kappa shape index (κ3) is 1.92. The standard InChI is InChI=1S/C15H14N4O/c1-2-6-15-12(4-1)9-18(11-14-5-3-7-20-14)10-13-8-16-17-19(13)15/h1-8H,9-11H2. The fourth-order valence-electron chi connectivity index (χ4n) is 2.68. The lowest BCUT2D eigenvalue weighted by molar-refractivity contribution is 0.227. The van der Waals surface area contributed by atoms with Crippen LogP contribution in [0.15, 0.2) is 53.3 Å². The summed E-state index contributed by atoms with van der Waals surface area (Å²) in [5, 5.41) is 8.24. The average Bonchev–Trinajstić information content (AvgIpc) is 3.09. The molecule has 0 bridgehead atoms. The molecule has 0 saturated heterocycles. The smallest absolute Gasteiger partial charge is 0.117 e. The minimum atomic E-state index is 0.784. The van der Waals surface area contributed by atoms with Gasteiger partial charge in [0.1, 0.15) is 5.76 Å². The molecule has 0 spiro atoms. The van der Waals surface area contributed by atoms with Crippen molar-refractivity contribution in [2.45, 2.75) is 19.6 Å². The van der Waals surface area contributed by atoms with Gasteiger partial charge >= 0.3 is 0 Å². The van der Waals surface area contributed by atoms with E-state index in [1.807, 2.05) is 29.1 Å². The average molecular weight is 266 g/mol. The summed E-state index contributed by atoms with van der Waals surface area (Å²) in [6.07, 6.45) is 3.55. The van der Waals surface area contributed by atoms with Crippen LogP contribution in [0.1, 0.15) is 17.0 Å². The Kier molecular flexibility index (Phi) is 2.63. The summed E-state index contributed by atoms with van der Waals surface area (Å²) in [6.45, 7) is 2.47. The van der Waals surface area contributed by atoms with Gasteiger partial charge in [-0.3, -0.25) is 4.90 Å². The summed E-state index contributed by atoms with van der Waals surface area (Å²) in [4.78, 5) is 2.33. The van der Waals surface area contributed by atoms with Crippen LogP contribution >= 0.6 is 0 Å². The van der Waals surface area contributed by atoms with Crippen molar-refractivity contribution < 1.29 is 4.42 Å². The molecule has 0 aliphatic carbocycles. The summed E-state index contributed by atoms with van der Waals surface area (Å²) in [7, 11) is 0. The Bertz CT molecular complexity index is 717. The Hall–Kier alpha value is -2.40. The van der Waals surface area contributed by atoms with E-state index in [1.54, 1.807) is 6.26 Å². The van der Waals surface area contributed by atoms with Crippen LogP contribution in [0, 0.1) is 0 Å².